The van der Waals surface area contributed by atoms with Crippen molar-refractivity contribution in [3.63, 3.8) is 0 Å². The van der Waals surface area contributed by atoms with Gasteiger partial charge in [0.05, 0.1) is 5.56 Å². The highest BCUT2D eigenvalue weighted by Crippen LogP contribution is 2.20. The zero-order valence-electron chi connectivity index (χ0n) is 9.69. The third kappa shape index (κ3) is 1.97. The lowest BCUT2D eigenvalue weighted by molar-refractivity contribution is 0.0696. The molecule has 0 spiro atoms. The monoisotopic (exact) mass is 255 g/mol. The molecule has 0 bridgehead atoms. The van der Waals surface area contributed by atoms with Crippen molar-refractivity contribution >= 4 is 17.6 Å². The zero-order chi connectivity index (χ0) is 13.4. The Morgan fingerprint density at radius 1 is 1.26 bits per heavy atom. The van der Waals surface area contributed by atoms with Crippen LogP contribution in [0.2, 0.25) is 0 Å². The molecule has 0 aliphatic carbocycles. The SMILES string of the molecule is Nc1nc2cc(-c3cncc(C(=O)O)c3)ccn2n1. The van der Waals surface area contributed by atoms with Gasteiger partial charge >= 0.3 is 5.97 Å². The van der Waals surface area contributed by atoms with Crippen LogP contribution in [0.15, 0.2) is 36.8 Å². The van der Waals surface area contributed by atoms with Crippen molar-refractivity contribution in [1.29, 1.82) is 0 Å². The molecule has 7 heteroatoms. The number of carbonyl (C=O) groups is 1. The summed E-state index contributed by atoms with van der Waals surface area (Å²) >= 11 is 0. The lowest BCUT2D eigenvalue weighted by Crippen LogP contribution is -1.97. The number of rotatable bonds is 2. The van der Waals surface area contributed by atoms with E-state index in [-0.39, 0.29) is 11.5 Å². The number of aromatic nitrogens is 4. The number of hydrogen-bond acceptors (Lipinski definition) is 5. The minimum Gasteiger partial charge on any atom is -0.478 e. The van der Waals surface area contributed by atoms with Crippen LogP contribution in [-0.2, 0) is 0 Å². The second kappa shape index (κ2) is 4.05. The van der Waals surface area contributed by atoms with Crippen molar-refractivity contribution < 1.29 is 9.90 Å². The molecule has 0 saturated heterocycles. The average molecular weight is 255 g/mol. The normalized spacial score (nSPS) is 10.7. The van der Waals surface area contributed by atoms with E-state index in [2.05, 4.69) is 15.1 Å². The Balaban J connectivity index is 2.12. The van der Waals surface area contributed by atoms with Crippen LogP contribution in [-0.4, -0.2) is 30.7 Å². The molecule has 3 heterocycles. The Kier molecular flexibility index (Phi) is 2.38. The Bertz CT molecular complexity index is 781. The van der Waals surface area contributed by atoms with Gasteiger partial charge in [-0.1, -0.05) is 0 Å². The minimum atomic E-state index is -1.01. The second-order valence-electron chi connectivity index (χ2n) is 3.96. The van der Waals surface area contributed by atoms with Crippen LogP contribution in [0.4, 0.5) is 5.95 Å². The lowest BCUT2D eigenvalue weighted by atomic mass is 10.1. The summed E-state index contributed by atoms with van der Waals surface area (Å²) in [7, 11) is 0. The van der Waals surface area contributed by atoms with Crippen LogP contribution in [0.1, 0.15) is 10.4 Å². The zero-order valence-corrected chi connectivity index (χ0v) is 9.69. The van der Waals surface area contributed by atoms with E-state index in [1.165, 1.54) is 6.20 Å². The van der Waals surface area contributed by atoms with E-state index < -0.39 is 5.97 Å². The molecule has 7 nitrogen and oxygen atoms in total. The van der Waals surface area contributed by atoms with Gasteiger partial charge in [0.15, 0.2) is 5.65 Å². The molecule has 0 fully saturated rings. The highest BCUT2D eigenvalue weighted by Gasteiger charge is 2.07. The summed E-state index contributed by atoms with van der Waals surface area (Å²) in [5.74, 6) is -0.822. The van der Waals surface area contributed by atoms with E-state index >= 15 is 0 Å². The summed E-state index contributed by atoms with van der Waals surface area (Å²) in [5, 5.41) is 12.9. The Morgan fingerprint density at radius 2 is 2.11 bits per heavy atom. The summed E-state index contributed by atoms with van der Waals surface area (Å²) in [5.41, 5.74) is 7.74. The van der Waals surface area contributed by atoms with Crippen molar-refractivity contribution in [1.82, 2.24) is 19.6 Å². The largest absolute Gasteiger partial charge is 0.478 e. The summed E-state index contributed by atoms with van der Waals surface area (Å²) in [6, 6.07) is 5.12. The summed E-state index contributed by atoms with van der Waals surface area (Å²) < 4.78 is 1.55. The van der Waals surface area contributed by atoms with E-state index in [0.29, 0.717) is 11.2 Å². The van der Waals surface area contributed by atoms with Crippen molar-refractivity contribution in [2.75, 3.05) is 5.73 Å². The Labute approximate surface area is 107 Å². The highest BCUT2D eigenvalue weighted by atomic mass is 16.4. The Morgan fingerprint density at radius 3 is 2.89 bits per heavy atom. The molecule has 0 atom stereocenters. The topological polar surface area (TPSA) is 106 Å². The second-order valence-corrected chi connectivity index (χ2v) is 3.96. The number of nitrogens with zero attached hydrogens (tertiary/aromatic N) is 4. The van der Waals surface area contributed by atoms with E-state index in [0.717, 1.165) is 5.56 Å². The van der Waals surface area contributed by atoms with Gasteiger partial charge in [-0.25, -0.2) is 9.31 Å². The van der Waals surface area contributed by atoms with Gasteiger partial charge in [0, 0.05) is 24.2 Å². The quantitative estimate of drug-likeness (QED) is 0.709. The van der Waals surface area contributed by atoms with Gasteiger partial charge in [0.1, 0.15) is 0 Å². The highest BCUT2D eigenvalue weighted by molar-refractivity contribution is 5.89. The van der Waals surface area contributed by atoms with E-state index in [9.17, 15) is 4.79 Å². The van der Waals surface area contributed by atoms with Crippen LogP contribution in [0.3, 0.4) is 0 Å². The van der Waals surface area contributed by atoms with Crippen LogP contribution in [0, 0.1) is 0 Å². The van der Waals surface area contributed by atoms with Gasteiger partial charge in [0.2, 0.25) is 5.95 Å². The first-order valence-electron chi connectivity index (χ1n) is 5.44. The van der Waals surface area contributed by atoms with Gasteiger partial charge in [0.25, 0.3) is 0 Å². The van der Waals surface area contributed by atoms with Crippen molar-refractivity contribution in [3.05, 3.63) is 42.4 Å². The first kappa shape index (κ1) is 11.1. The van der Waals surface area contributed by atoms with Gasteiger partial charge in [-0.2, -0.15) is 4.98 Å². The third-order valence-corrected chi connectivity index (χ3v) is 2.67. The number of nitrogen functional groups attached to an aromatic ring is 1. The fourth-order valence-corrected chi connectivity index (χ4v) is 1.79. The number of aromatic carboxylic acids is 1. The van der Waals surface area contributed by atoms with Gasteiger partial charge in [-0.05, 0) is 23.8 Å². The molecule has 3 N–H and O–H groups in total. The molecule has 0 radical (unpaired) electrons. The minimum absolute atomic E-state index is 0.137. The first-order valence-corrected chi connectivity index (χ1v) is 5.44. The number of pyridine rings is 2. The van der Waals surface area contributed by atoms with E-state index in [4.69, 9.17) is 10.8 Å². The van der Waals surface area contributed by atoms with E-state index in [1.807, 2.05) is 0 Å². The predicted octanol–water partition coefficient (Wildman–Crippen LogP) is 1.07. The standard InChI is InChI=1S/C12H9N5O2/c13-12-15-10-4-7(1-2-17(10)16-12)8-3-9(11(18)19)6-14-5-8/h1-6H,(H2,13,16)(H,18,19). The Hall–Kier alpha value is -2.96. The first-order chi connectivity index (χ1) is 9.13. The molecular formula is C12H9N5O2. The maximum atomic E-state index is 10.9. The fourth-order valence-electron chi connectivity index (χ4n) is 1.79. The smallest absolute Gasteiger partial charge is 0.337 e. The molecule has 3 aromatic heterocycles. The third-order valence-electron chi connectivity index (χ3n) is 2.67. The molecule has 0 aliphatic heterocycles. The van der Waals surface area contributed by atoms with E-state index in [1.54, 1.807) is 35.1 Å². The number of carboxylic acids is 1. The van der Waals surface area contributed by atoms with Crippen molar-refractivity contribution in [2.45, 2.75) is 0 Å². The number of nitrogens with two attached hydrogens (primary N) is 1. The molecule has 19 heavy (non-hydrogen) atoms. The molecule has 3 rings (SSSR count). The fraction of sp³-hybridized carbons (Fsp3) is 0. The molecular weight excluding hydrogens is 246 g/mol. The maximum absolute atomic E-state index is 10.9. The number of hydrogen-bond donors (Lipinski definition) is 2. The van der Waals surface area contributed by atoms with Gasteiger partial charge in [-0.3, -0.25) is 4.98 Å². The van der Waals surface area contributed by atoms with Crippen LogP contribution < -0.4 is 5.73 Å². The molecule has 0 aromatic carbocycles. The lowest BCUT2D eigenvalue weighted by Gasteiger charge is -2.02. The summed E-state index contributed by atoms with van der Waals surface area (Å²) in [4.78, 5) is 18.9. The van der Waals surface area contributed by atoms with Crippen molar-refractivity contribution in [3.8, 4) is 11.1 Å². The van der Waals surface area contributed by atoms with Crippen LogP contribution in [0.5, 0.6) is 0 Å². The molecule has 94 valence electrons. The molecule has 0 aliphatic rings. The maximum Gasteiger partial charge on any atom is 0.337 e. The molecule has 0 saturated carbocycles. The van der Waals surface area contributed by atoms with Crippen LogP contribution >= 0.6 is 0 Å². The van der Waals surface area contributed by atoms with Gasteiger partial charge in [-0.15, -0.1) is 5.10 Å². The van der Waals surface area contributed by atoms with Gasteiger partial charge < -0.3 is 10.8 Å². The number of anilines is 1. The van der Waals surface area contributed by atoms with Crippen LogP contribution in [0.25, 0.3) is 16.8 Å². The predicted molar refractivity (Wildman–Crippen MR) is 67.6 cm³/mol. The molecule has 0 amide bonds. The summed E-state index contributed by atoms with van der Waals surface area (Å²) in [6.07, 6.45) is 4.61. The molecule has 3 aromatic rings. The number of fused-ring (bicyclic) bond motifs is 1. The van der Waals surface area contributed by atoms with Crippen molar-refractivity contribution in [2.24, 2.45) is 0 Å². The average Bonchev–Trinajstić information content (AvgIpc) is 2.77. The summed E-state index contributed by atoms with van der Waals surface area (Å²) in [6.45, 7) is 0. The molecule has 0 unspecified atom stereocenters. The number of carboxylic acid groups (broad SMARTS) is 1.